The Hall–Kier alpha value is -0.900. The lowest BCUT2D eigenvalue weighted by molar-refractivity contribution is 0.168. The summed E-state index contributed by atoms with van der Waals surface area (Å²) >= 11 is 0. The van der Waals surface area contributed by atoms with Crippen LogP contribution in [0.4, 0.5) is 0 Å². The van der Waals surface area contributed by atoms with Crippen molar-refractivity contribution >= 4 is 0 Å². The van der Waals surface area contributed by atoms with E-state index in [1.54, 1.807) is 0 Å². The third-order valence-electron chi connectivity index (χ3n) is 3.55. The zero-order chi connectivity index (χ0) is 12.6. The summed E-state index contributed by atoms with van der Waals surface area (Å²) < 4.78 is 5.44. The van der Waals surface area contributed by atoms with Gasteiger partial charge in [0.25, 0.3) is 0 Å². The predicted molar refractivity (Wildman–Crippen MR) is 74.6 cm³/mol. The second kappa shape index (κ2) is 7.52. The monoisotopic (exact) mass is 248 g/mol. The molecule has 2 N–H and O–H groups in total. The molecule has 3 heteroatoms. The third-order valence-corrected chi connectivity index (χ3v) is 3.55. The van der Waals surface area contributed by atoms with Crippen molar-refractivity contribution in [3.05, 3.63) is 35.9 Å². The lowest BCUT2D eigenvalue weighted by Gasteiger charge is -2.24. The average Bonchev–Trinajstić information content (AvgIpc) is 2.90. The minimum Gasteiger partial charge on any atom is -0.381 e. The van der Waals surface area contributed by atoms with Gasteiger partial charge in [0, 0.05) is 32.8 Å². The number of rotatable bonds is 7. The summed E-state index contributed by atoms with van der Waals surface area (Å²) in [6.45, 7) is 5.81. The van der Waals surface area contributed by atoms with Crippen molar-refractivity contribution in [2.24, 2.45) is 11.7 Å². The van der Waals surface area contributed by atoms with Crippen LogP contribution in [0.5, 0.6) is 0 Å². The van der Waals surface area contributed by atoms with Gasteiger partial charge in [0.1, 0.15) is 0 Å². The molecule has 1 unspecified atom stereocenters. The molecule has 1 saturated heterocycles. The average molecular weight is 248 g/mol. The summed E-state index contributed by atoms with van der Waals surface area (Å²) in [6, 6.07) is 10.7. The van der Waals surface area contributed by atoms with Gasteiger partial charge in [-0.1, -0.05) is 30.3 Å². The Labute approximate surface area is 110 Å². The maximum absolute atomic E-state index is 5.70. The molecule has 0 spiro atoms. The summed E-state index contributed by atoms with van der Waals surface area (Å²) in [4.78, 5) is 2.48. The van der Waals surface area contributed by atoms with E-state index in [4.69, 9.17) is 10.5 Å². The van der Waals surface area contributed by atoms with Crippen LogP contribution in [0, 0.1) is 5.92 Å². The quantitative estimate of drug-likeness (QED) is 0.795. The number of benzene rings is 1. The first-order chi connectivity index (χ1) is 8.88. The fourth-order valence-electron chi connectivity index (χ4n) is 2.50. The molecule has 2 rings (SSSR count). The first-order valence-corrected chi connectivity index (χ1v) is 6.92. The molecular weight excluding hydrogens is 224 g/mol. The molecule has 18 heavy (non-hydrogen) atoms. The van der Waals surface area contributed by atoms with Crippen LogP contribution in [-0.4, -0.2) is 44.3 Å². The van der Waals surface area contributed by atoms with E-state index >= 15 is 0 Å². The van der Waals surface area contributed by atoms with Crippen molar-refractivity contribution in [3.63, 3.8) is 0 Å². The Morgan fingerprint density at radius 2 is 2.06 bits per heavy atom. The van der Waals surface area contributed by atoms with Gasteiger partial charge in [0.2, 0.25) is 0 Å². The molecule has 1 aromatic rings. The van der Waals surface area contributed by atoms with Crippen molar-refractivity contribution in [2.45, 2.75) is 12.8 Å². The van der Waals surface area contributed by atoms with Gasteiger partial charge in [-0.2, -0.15) is 0 Å². The zero-order valence-electron chi connectivity index (χ0n) is 11.1. The van der Waals surface area contributed by atoms with Gasteiger partial charge in [0.15, 0.2) is 0 Å². The largest absolute Gasteiger partial charge is 0.381 e. The number of ether oxygens (including phenoxy) is 1. The molecule has 0 bridgehead atoms. The van der Waals surface area contributed by atoms with Crippen LogP contribution in [0.1, 0.15) is 12.0 Å². The zero-order valence-corrected chi connectivity index (χ0v) is 11.1. The van der Waals surface area contributed by atoms with Gasteiger partial charge in [-0.05, 0) is 24.3 Å². The van der Waals surface area contributed by atoms with Crippen molar-refractivity contribution < 1.29 is 4.74 Å². The maximum atomic E-state index is 5.70. The number of nitrogens with zero attached hydrogens (tertiary/aromatic N) is 1. The normalized spacial score (nSPS) is 19.6. The topological polar surface area (TPSA) is 38.5 Å². The van der Waals surface area contributed by atoms with Crippen molar-refractivity contribution in [2.75, 3.05) is 39.4 Å². The molecule has 1 atom stereocenters. The van der Waals surface area contributed by atoms with E-state index in [-0.39, 0.29) is 0 Å². The molecule has 0 radical (unpaired) electrons. The smallest absolute Gasteiger partial charge is 0.0507 e. The number of hydrogen-bond donors (Lipinski definition) is 1. The molecule has 1 fully saturated rings. The van der Waals surface area contributed by atoms with Crippen LogP contribution >= 0.6 is 0 Å². The Morgan fingerprint density at radius 1 is 1.22 bits per heavy atom. The van der Waals surface area contributed by atoms with Gasteiger partial charge in [-0.25, -0.2) is 0 Å². The van der Waals surface area contributed by atoms with Gasteiger partial charge >= 0.3 is 0 Å². The highest BCUT2D eigenvalue weighted by atomic mass is 16.5. The Bertz CT molecular complexity index is 323. The fourth-order valence-corrected chi connectivity index (χ4v) is 2.50. The second-order valence-electron chi connectivity index (χ2n) is 5.05. The van der Waals surface area contributed by atoms with Gasteiger partial charge < -0.3 is 15.4 Å². The molecule has 1 aliphatic heterocycles. The van der Waals surface area contributed by atoms with E-state index in [0.717, 1.165) is 45.8 Å². The van der Waals surface area contributed by atoms with Crippen LogP contribution < -0.4 is 5.73 Å². The molecule has 0 aliphatic carbocycles. The first kappa shape index (κ1) is 13.5. The summed E-state index contributed by atoms with van der Waals surface area (Å²) in [5, 5.41) is 0. The van der Waals surface area contributed by atoms with E-state index in [1.807, 2.05) is 0 Å². The molecule has 100 valence electrons. The van der Waals surface area contributed by atoms with Gasteiger partial charge in [-0.15, -0.1) is 0 Å². The predicted octanol–water partition coefficient (Wildman–Crippen LogP) is 1.53. The van der Waals surface area contributed by atoms with Gasteiger partial charge in [-0.3, -0.25) is 0 Å². The molecule has 1 aliphatic rings. The Morgan fingerprint density at radius 3 is 2.72 bits per heavy atom. The summed E-state index contributed by atoms with van der Waals surface area (Å²) in [7, 11) is 0. The molecule has 3 nitrogen and oxygen atoms in total. The van der Waals surface area contributed by atoms with E-state index in [9.17, 15) is 0 Å². The highest BCUT2D eigenvalue weighted by Gasteiger charge is 2.18. The minimum absolute atomic E-state index is 0.701. The van der Waals surface area contributed by atoms with E-state index < -0.39 is 0 Å². The molecule has 0 amide bonds. The molecule has 1 aromatic carbocycles. The summed E-state index contributed by atoms with van der Waals surface area (Å²) in [6.07, 6.45) is 2.31. The highest BCUT2D eigenvalue weighted by molar-refractivity contribution is 5.14. The van der Waals surface area contributed by atoms with E-state index in [1.165, 1.54) is 12.0 Å². The van der Waals surface area contributed by atoms with Gasteiger partial charge in [0.05, 0.1) is 6.61 Å². The van der Waals surface area contributed by atoms with Crippen LogP contribution in [0.3, 0.4) is 0 Å². The van der Waals surface area contributed by atoms with Crippen molar-refractivity contribution in [1.82, 2.24) is 4.90 Å². The molecule has 0 aromatic heterocycles. The summed E-state index contributed by atoms with van der Waals surface area (Å²) in [5.74, 6) is 0.701. The Balaban J connectivity index is 1.78. The third kappa shape index (κ3) is 4.41. The Kier molecular flexibility index (Phi) is 5.65. The van der Waals surface area contributed by atoms with Crippen LogP contribution in [-0.2, 0) is 11.2 Å². The lowest BCUT2D eigenvalue weighted by atomic mass is 10.1. The summed E-state index contributed by atoms with van der Waals surface area (Å²) in [5.41, 5.74) is 7.10. The molecule has 1 heterocycles. The SMILES string of the molecule is NCCN(CCc1ccccc1)CC1CCOC1. The molecule has 0 saturated carbocycles. The van der Waals surface area contributed by atoms with Crippen molar-refractivity contribution in [1.29, 1.82) is 0 Å². The van der Waals surface area contributed by atoms with Crippen LogP contribution in [0.25, 0.3) is 0 Å². The maximum Gasteiger partial charge on any atom is 0.0507 e. The molecular formula is C15H24N2O. The number of hydrogen-bond acceptors (Lipinski definition) is 3. The van der Waals surface area contributed by atoms with E-state index in [2.05, 4.69) is 35.2 Å². The van der Waals surface area contributed by atoms with Crippen LogP contribution in [0.15, 0.2) is 30.3 Å². The van der Waals surface area contributed by atoms with Crippen molar-refractivity contribution in [3.8, 4) is 0 Å². The second-order valence-corrected chi connectivity index (χ2v) is 5.05. The standard InChI is InChI=1S/C15H24N2O/c16-8-10-17(12-15-7-11-18-13-15)9-6-14-4-2-1-3-5-14/h1-5,15H,6-13,16H2. The van der Waals surface area contributed by atoms with Crippen LogP contribution in [0.2, 0.25) is 0 Å². The first-order valence-electron chi connectivity index (χ1n) is 6.92. The highest BCUT2D eigenvalue weighted by Crippen LogP contribution is 2.14. The number of nitrogens with two attached hydrogens (primary N) is 1. The fraction of sp³-hybridized carbons (Fsp3) is 0.600. The van der Waals surface area contributed by atoms with E-state index in [0.29, 0.717) is 5.92 Å². The minimum atomic E-state index is 0.701. The lowest BCUT2D eigenvalue weighted by Crippen LogP contribution is -2.35.